The van der Waals surface area contributed by atoms with Crippen LogP contribution < -0.4 is 0 Å². The Morgan fingerprint density at radius 2 is 2.00 bits per heavy atom. The third-order valence-electron chi connectivity index (χ3n) is 3.76. The van der Waals surface area contributed by atoms with Crippen molar-refractivity contribution in [3.63, 3.8) is 0 Å². The van der Waals surface area contributed by atoms with E-state index >= 15 is 0 Å². The minimum atomic E-state index is -4.45. The predicted molar refractivity (Wildman–Crippen MR) is 73.4 cm³/mol. The van der Waals surface area contributed by atoms with Gasteiger partial charge in [0.15, 0.2) is 0 Å². The second-order valence-electron chi connectivity index (χ2n) is 5.19. The molecule has 0 N–H and O–H groups in total. The number of hydrogen-bond acceptors (Lipinski definition) is 1. The third-order valence-corrected chi connectivity index (χ3v) is 4.45. The standard InChI is InChI=1S/C14H15BrF3NO/c1-8(9-3-4-9)19(2)13(20)11-7-10(14(16,17)18)5-6-12(11)15/h5-9H,3-4H2,1-2H3. The van der Waals surface area contributed by atoms with Crippen molar-refractivity contribution < 1.29 is 18.0 Å². The molecule has 0 radical (unpaired) electrons. The first-order chi connectivity index (χ1) is 9.21. The van der Waals surface area contributed by atoms with E-state index in [-0.39, 0.29) is 17.5 Å². The highest BCUT2D eigenvalue weighted by atomic mass is 79.9. The first-order valence-corrected chi connectivity index (χ1v) is 7.15. The van der Waals surface area contributed by atoms with Gasteiger partial charge in [-0.1, -0.05) is 0 Å². The molecule has 1 saturated carbocycles. The topological polar surface area (TPSA) is 20.3 Å². The van der Waals surface area contributed by atoms with Crippen LogP contribution in [0.3, 0.4) is 0 Å². The molecule has 1 amide bonds. The number of hydrogen-bond donors (Lipinski definition) is 0. The number of nitrogens with zero attached hydrogens (tertiary/aromatic N) is 1. The van der Waals surface area contributed by atoms with Crippen LogP contribution in [0.1, 0.15) is 35.7 Å². The quantitative estimate of drug-likeness (QED) is 0.794. The summed E-state index contributed by atoms with van der Waals surface area (Å²) in [6.45, 7) is 1.93. The summed E-state index contributed by atoms with van der Waals surface area (Å²) >= 11 is 3.15. The average molecular weight is 350 g/mol. The maximum absolute atomic E-state index is 12.7. The van der Waals surface area contributed by atoms with Gasteiger partial charge in [0.1, 0.15) is 0 Å². The van der Waals surface area contributed by atoms with Gasteiger partial charge in [-0.25, -0.2) is 0 Å². The summed E-state index contributed by atoms with van der Waals surface area (Å²) in [6, 6.07) is 3.18. The monoisotopic (exact) mass is 349 g/mol. The van der Waals surface area contributed by atoms with Crippen LogP contribution in [0.15, 0.2) is 22.7 Å². The normalized spacial score (nSPS) is 16.9. The minimum absolute atomic E-state index is 0.0453. The van der Waals surface area contributed by atoms with Gasteiger partial charge in [0.05, 0.1) is 11.1 Å². The molecule has 0 saturated heterocycles. The minimum Gasteiger partial charge on any atom is -0.339 e. The number of alkyl halides is 3. The number of halogens is 4. The fourth-order valence-corrected chi connectivity index (χ4v) is 2.55. The highest BCUT2D eigenvalue weighted by Gasteiger charge is 2.35. The first kappa shape index (κ1) is 15.4. The molecule has 20 heavy (non-hydrogen) atoms. The second kappa shape index (κ2) is 5.39. The fraction of sp³-hybridized carbons (Fsp3) is 0.500. The van der Waals surface area contributed by atoms with Gasteiger partial charge in [0.2, 0.25) is 0 Å². The maximum Gasteiger partial charge on any atom is 0.416 e. The molecule has 0 heterocycles. The van der Waals surface area contributed by atoms with Crippen molar-refractivity contribution in [2.75, 3.05) is 7.05 Å². The van der Waals surface area contributed by atoms with Gasteiger partial charge in [0.25, 0.3) is 5.91 Å². The molecule has 1 aliphatic carbocycles. The third kappa shape index (κ3) is 3.16. The smallest absolute Gasteiger partial charge is 0.339 e. The zero-order valence-electron chi connectivity index (χ0n) is 11.2. The van der Waals surface area contributed by atoms with Gasteiger partial charge in [0, 0.05) is 17.6 Å². The lowest BCUT2D eigenvalue weighted by Crippen LogP contribution is -2.36. The summed E-state index contributed by atoms with van der Waals surface area (Å²) in [4.78, 5) is 13.9. The molecular formula is C14H15BrF3NO. The van der Waals surface area contributed by atoms with Crippen molar-refractivity contribution in [1.29, 1.82) is 0 Å². The molecule has 2 nitrogen and oxygen atoms in total. The molecule has 6 heteroatoms. The molecule has 1 aromatic carbocycles. The van der Waals surface area contributed by atoms with E-state index in [4.69, 9.17) is 0 Å². The van der Waals surface area contributed by atoms with Crippen LogP contribution in [0, 0.1) is 5.92 Å². The van der Waals surface area contributed by atoms with E-state index in [0.717, 1.165) is 25.0 Å². The summed E-state index contributed by atoms with van der Waals surface area (Å²) in [7, 11) is 1.64. The van der Waals surface area contributed by atoms with Gasteiger partial charge in [-0.3, -0.25) is 4.79 Å². The lowest BCUT2D eigenvalue weighted by molar-refractivity contribution is -0.137. The zero-order chi connectivity index (χ0) is 15.1. The molecule has 0 aromatic heterocycles. The maximum atomic E-state index is 12.7. The number of carbonyl (C=O) groups is 1. The van der Waals surface area contributed by atoms with Crippen LogP contribution in [0.5, 0.6) is 0 Å². The lowest BCUT2D eigenvalue weighted by Gasteiger charge is -2.25. The number of amides is 1. The van der Waals surface area contributed by atoms with Gasteiger partial charge >= 0.3 is 6.18 Å². The van der Waals surface area contributed by atoms with E-state index in [1.54, 1.807) is 7.05 Å². The summed E-state index contributed by atoms with van der Waals surface area (Å²) in [5.41, 5.74) is -0.758. The van der Waals surface area contributed by atoms with Crippen LogP contribution in [-0.2, 0) is 6.18 Å². The van der Waals surface area contributed by atoms with Gasteiger partial charge in [-0.2, -0.15) is 13.2 Å². The number of benzene rings is 1. The van der Waals surface area contributed by atoms with Crippen LogP contribution in [-0.4, -0.2) is 23.9 Å². The number of carbonyl (C=O) groups excluding carboxylic acids is 1. The Balaban J connectivity index is 2.28. The van der Waals surface area contributed by atoms with E-state index in [1.807, 2.05) is 6.92 Å². The van der Waals surface area contributed by atoms with E-state index in [1.165, 1.54) is 11.0 Å². The fourth-order valence-electron chi connectivity index (χ4n) is 2.14. The Labute approximate surface area is 124 Å². The Morgan fingerprint density at radius 3 is 2.50 bits per heavy atom. The van der Waals surface area contributed by atoms with Crippen LogP contribution in [0.25, 0.3) is 0 Å². The van der Waals surface area contributed by atoms with Gasteiger partial charge < -0.3 is 4.90 Å². The first-order valence-electron chi connectivity index (χ1n) is 6.35. The lowest BCUT2D eigenvalue weighted by atomic mass is 10.1. The number of rotatable bonds is 3. The highest BCUT2D eigenvalue weighted by Crippen LogP contribution is 2.36. The second-order valence-corrected chi connectivity index (χ2v) is 6.04. The average Bonchev–Trinajstić information content (AvgIpc) is 3.19. The molecule has 1 aromatic rings. The molecule has 2 rings (SSSR count). The Morgan fingerprint density at radius 1 is 1.40 bits per heavy atom. The molecule has 0 bridgehead atoms. The van der Waals surface area contributed by atoms with E-state index in [2.05, 4.69) is 15.9 Å². The molecule has 1 unspecified atom stereocenters. The molecule has 1 aliphatic rings. The Kier molecular flexibility index (Phi) is 4.14. The van der Waals surface area contributed by atoms with Gasteiger partial charge in [-0.15, -0.1) is 0 Å². The van der Waals surface area contributed by atoms with Crippen molar-refractivity contribution in [3.05, 3.63) is 33.8 Å². The highest BCUT2D eigenvalue weighted by molar-refractivity contribution is 9.10. The molecule has 0 spiro atoms. The Bertz CT molecular complexity index is 526. The van der Waals surface area contributed by atoms with Crippen LogP contribution >= 0.6 is 15.9 Å². The van der Waals surface area contributed by atoms with Crippen molar-refractivity contribution in [2.24, 2.45) is 5.92 Å². The summed E-state index contributed by atoms with van der Waals surface area (Å²) < 4.78 is 38.5. The van der Waals surface area contributed by atoms with Crippen molar-refractivity contribution in [2.45, 2.75) is 32.0 Å². The van der Waals surface area contributed by atoms with E-state index in [0.29, 0.717) is 10.4 Å². The predicted octanol–water partition coefficient (Wildman–Crippen LogP) is 4.34. The summed E-state index contributed by atoms with van der Waals surface area (Å²) in [5, 5.41) is 0. The summed E-state index contributed by atoms with van der Waals surface area (Å²) in [6.07, 6.45) is -2.30. The van der Waals surface area contributed by atoms with Crippen molar-refractivity contribution >= 4 is 21.8 Å². The largest absolute Gasteiger partial charge is 0.416 e. The van der Waals surface area contributed by atoms with Crippen molar-refractivity contribution in [3.8, 4) is 0 Å². The molecule has 0 aliphatic heterocycles. The SMILES string of the molecule is CC(C1CC1)N(C)C(=O)c1cc(C(F)(F)F)ccc1Br. The molecule has 110 valence electrons. The van der Waals surface area contributed by atoms with Gasteiger partial charge in [-0.05, 0) is 59.8 Å². The van der Waals surface area contributed by atoms with E-state index < -0.39 is 11.7 Å². The van der Waals surface area contributed by atoms with E-state index in [9.17, 15) is 18.0 Å². The van der Waals surface area contributed by atoms with Crippen molar-refractivity contribution in [1.82, 2.24) is 4.90 Å². The molecule has 1 fully saturated rings. The molecule has 1 atom stereocenters. The zero-order valence-corrected chi connectivity index (χ0v) is 12.8. The Hall–Kier alpha value is -1.04. The molecular weight excluding hydrogens is 335 g/mol. The van der Waals surface area contributed by atoms with Crippen LogP contribution in [0.4, 0.5) is 13.2 Å². The van der Waals surface area contributed by atoms with Crippen LogP contribution in [0.2, 0.25) is 0 Å². The summed E-state index contributed by atoms with van der Waals surface area (Å²) in [5.74, 6) is 0.0795.